The Balaban J connectivity index is 2.63. The van der Waals surface area contributed by atoms with Crippen molar-refractivity contribution in [3.8, 4) is 0 Å². The summed E-state index contributed by atoms with van der Waals surface area (Å²) in [6.07, 6.45) is 1.43. The molecule has 1 amide bonds. The molecule has 2 rings (SSSR count). The van der Waals surface area contributed by atoms with Crippen LogP contribution in [0.5, 0.6) is 0 Å². The number of ether oxygens (including phenoxy) is 1. The minimum atomic E-state index is -2.20. The zero-order valence-electron chi connectivity index (χ0n) is 12.7. The maximum Gasteiger partial charge on any atom is 0.332 e. The van der Waals surface area contributed by atoms with Crippen LogP contribution < -0.4 is 0 Å². The van der Waals surface area contributed by atoms with Crippen LogP contribution in [-0.2, 0) is 15.3 Å². The zero-order valence-corrected chi connectivity index (χ0v) is 14.2. The Hall–Kier alpha value is -1.34. The number of fused-ring (bicyclic) bond motifs is 1. The van der Waals surface area contributed by atoms with Crippen molar-refractivity contribution in [3.63, 3.8) is 0 Å². The average Bonchev–Trinajstić information content (AvgIpc) is 2.47. The Morgan fingerprint density at radius 2 is 2.00 bits per heavy atom. The van der Waals surface area contributed by atoms with E-state index in [0.717, 1.165) is 11.3 Å². The Morgan fingerprint density at radius 1 is 1.39 bits per heavy atom. The molecule has 0 fully saturated rings. The van der Waals surface area contributed by atoms with Gasteiger partial charge in [-0.15, -0.1) is 0 Å². The Bertz CT molecular complexity index is 651. The van der Waals surface area contributed by atoms with Crippen molar-refractivity contribution in [2.45, 2.75) is 31.6 Å². The molecule has 1 aromatic carbocycles. The van der Waals surface area contributed by atoms with E-state index in [0.29, 0.717) is 6.42 Å². The van der Waals surface area contributed by atoms with E-state index in [4.69, 9.17) is 27.9 Å². The zero-order chi connectivity index (χ0) is 17.4. The van der Waals surface area contributed by atoms with E-state index in [1.165, 1.54) is 19.2 Å². The van der Waals surface area contributed by atoms with E-state index >= 15 is 0 Å². The first-order chi connectivity index (χ1) is 10.7. The van der Waals surface area contributed by atoms with Gasteiger partial charge in [0.2, 0.25) is 5.79 Å². The monoisotopic (exact) mass is 361 g/mol. The number of carboxylic acid groups (broad SMARTS) is 1. The first-order valence-electron chi connectivity index (χ1n) is 7.09. The molecule has 2 atom stereocenters. The van der Waals surface area contributed by atoms with E-state index in [9.17, 15) is 19.8 Å². The lowest BCUT2D eigenvalue weighted by Gasteiger charge is -2.43. The van der Waals surface area contributed by atoms with Crippen LogP contribution >= 0.6 is 23.2 Å². The fourth-order valence-electron chi connectivity index (χ4n) is 2.60. The molecule has 1 aliphatic heterocycles. The standard InChI is InChI=1S/C15H17Cl2NO5/c1-3-4-5-23-15(22)9-7-11(17)10(16)6-8(9)13(19)18(2)12(15)14(20)21/h6-7,12,22H,3-5H2,1-2H3,(H,20,21). The molecule has 2 unspecified atom stereocenters. The smallest absolute Gasteiger partial charge is 0.332 e. The Labute approximate surface area is 143 Å². The van der Waals surface area contributed by atoms with E-state index in [1.54, 1.807) is 0 Å². The van der Waals surface area contributed by atoms with Crippen molar-refractivity contribution >= 4 is 35.1 Å². The molecule has 126 valence electrons. The van der Waals surface area contributed by atoms with Crippen LogP contribution in [0.25, 0.3) is 0 Å². The second-order valence-electron chi connectivity index (χ2n) is 5.37. The minimum Gasteiger partial charge on any atom is -0.480 e. The summed E-state index contributed by atoms with van der Waals surface area (Å²) in [4.78, 5) is 25.0. The second kappa shape index (κ2) is 6.65. The summed E-state index contributed by atoms with van der Waals surface area (Å²) in [5.41, 5.74) is 0.0805. The van der Waals surface area contributed by atoms with Gasteiger partial charge in [-0.05, 0) is 18.6 Å². The van der Waals surface area contributed by atoms with Crippen molar-refractivity contribution in [3.05, 3.63) is 33.3 Å². The predicted molar refractivity (Wildman–Crippen MR) is 84.7 cm³/mol. The Kier molecular flexibility index (Phi) is 5.20. The molecular weight excluding hydrogens is 345 g/mol. The van der Waals surface area contributed by atoms with Crippen molar-refractivity contribution in [1.29, 1.82) is 0 Å². The largest absolute Gasteiger partial charge is 0.480 e. The molecule has 0 aromatic heterocycles. The van der Waals surface area contributed by atoms with Gasteiger partial charge in [0.1, 0.15) is 0 Å². The first kappa shape index (κ1) is 18.0. The lowest BCUT2D eigenvalue weighted by Crippen LogP contribution is -2.61. The van der Waals surface area contributed by atoms with E-state index in [2.05, 4.69) is 0 Å². The topological polar surface area (TPSA) is 87.1 Å². The summed E-state index contributed by atoms with van der Waals surface area (Å²) in [6.45, 7) is 2.07. The van der Waals surface area contributed by atoms with Crippen molar-refractivity contribution < 1.29 is 24.5 Å². The normalized spacial score (nSPS) is 23.8. The van der Waals surface area contributed by atoms with Crippen LogP contribution in [0, 0.1) is 0 Å². The van der Waals surface area contributed by atoms with Gasteiger partial charge >= 0.3 is 5.97 Å². The third-order valence-electron chi connectivity index (χ3n) is 3.81. The van der Waals surface area contributed by atoms with Gasteiger partial charge in [-0.3, -0.25) is 4.79 Å². The molecule has 6 nitrogen and oxygen atoms in total. The third kappa shape index (κ3) is 3.04. The quantitative estimate of drug-likeness (QED) is 0.621. The molecule has 1 aliphatic rings. The summed E-state index contributed by atoms with van der Waals surface area (Å²) < 4.78 is 5.50. The fraction of sp³-hybridized carbons (Fsp3) is 0.467. The van der Waals surface area contributed by atoms with Crippen molar-refractivity contribution in [2.75, 3.05) is 13.7 Å². The summed E-state index contributed by atoms with van der Waals surface area (Å²) in [6, 6.07) is 1.01. The third-order valence-corrected chi connectivity index (χ3v) is 4.53. The number of benzene rings is 1. The van der Waals surface area contributed by atoms with Gasteiger partial charge in [0, 0.05) is 18.2 Å². The number of carboxylic acids is 1. The number of amides is 1. The highest BCUT2D eigenvalue weighted by molar-refractivity contribution is 6.42. The van der Waals surface area contributed by atoms with Gasteiger partial charge in [0.05, 0.1) is 16.7 Å². The van der Waals surface area contributed by atoms with Gasteiger partial charge in [0.25, 0.3) is 5.91 Å². The second-order valence-corrected chi connectivity index (χ2v) is 6.18. The number of aliphatic hydroxyl groups is 1. The van der Waals surface area contributed by atoms with Gasteiger partial charge in [0.15, 0.2) is 6.04 Å². The lowest BCUT2D eigenvalue weighted by molar-refractivity contribution is -0.249. The van der Waals surface area contributed by atoms with Crippen LogP contribution in [0.3, 0.4) is 0 Å². The highest BCUT2D eigenvalue weighted by Crippen LogP contribution is 2.41. The maximum atomic E-state index is 12.4. The minimum absolute atomic E-state index is 0.0125. The molecule has 0 bridgehead atoms. The molecule has 8 heteroatoms. The van der Waals surface area contributed by atoms with E-state index in [-0.39, 0.29) is 27.8 Å². The molecule has 1 heterocycles. The number of hydrogen-bond acceptors (Lipinski definition) is 4. The van der Waals surface area contributed by atoms with Crippen LogP contribution in [0.1, 0.15) is 35.7 Å². The number of nitrogens with zero attached hydrogens (tertiary/aromatic N) is 1. The van der Waals surface area contributed by atoms with E-state index in [1.807, 2.05) is 6.92 Å². The molecule has 0 saturated heterocycles. The molecule has 23 heavy (non-hydrogen) atoms. The number of carbonyl (C=O) groups is 2. The van der Waals surface area contributed by atoms with Gasteiger partial charge in [-0.1, -0.05) is 36.5 Å². The van der Waals surface area contributed by atoms with Crippen molar-refractivity contribution in [2.24, 2.45) is 0 Å². The molecule has 0 radical (unpaired) electrons. The van der Waals surface area contributed by atoms with Crippen LogP contribution in [0.15, 0.2) is 12.1 Å². The molecule has 2 N–H and O–H groups in total. The molecule has 0 aliphatic carbocycles. The van der Waals surface area contributed by atoms with Crippen LogP contribution in [0.2, 0.25) is 10.0 Å². The molecular formula is C15H17Cl2NO5. The molecule has 1 aromatic rings. The number of rotatable bonds is 5. The van der Waals surface area contributed by atoms with Crippen LogP contribution in [-0.4, -0.2) is 46.7 Å². The maximum absolute atomic E-state index is 12.4. The number of carbonyl (C=O) groups excluding carboxylic acids is 1. The summed E-state index contributed by atoms with van der Waals surface area (Å²) >= 11 is 11.9. The van der Waals surface area contributed by atoms with Gasteiger partial charge < -0.3 is 19.8 Å². The number of likely N-dealkylation sites (N-methyl/N-ethyl adjacent to an activating group) is 1. The summed E-state index contributed by atoms with van der Waals surface area (Å²) in [5, 5.41) is 20.7. The van der Waals surface area contributed by atoms with Gasteiger partial charge in [-0.2, -0.15) is 0 Å². The Morgan fingerprint density at radius 3 is 2.57 bits per heavy atom. The first-order valence-corrected chi connectivity index (χ1v) is 7.85. The lowest BCUT2D eigenvalue weighted by atomic mass is 9.87. The fourth-order valence-corrected chi connectivity index (χ4v) is 2.93. The van der Waals surface area contributed by atoms with Crippen molar-refractivity contribution in [1.82, 2.24) is 4.90 Å². The summed E-state index contributed by atoms with van der Waals surface area (Å²) in [5.74, 6) is -4.15. The number of halogens is 2. The van der Waals surface area contributed by atoms with E-state index < -0.39 is 23.7 Å². The highest BCUT2D eigenvalue weighted by atomic mass is 35.5. The molecule has 0 spiro atoms. The van der Waals surface area contributed by atoms with Gasteiger partial charge in [-0.25, -0.2) is 4.79 Å². The SMILES string of the molecule is CCCCOC1(O)c2cc(Cl)c(Cl)cc2C(=O)N(C)C1C(=O)O. The van der Waals surface area contributed by atoms with Crippen LogP contribution in [0.4, 0.5) is 0 Å². The summed E-state index contributed by atoms with van der Waals surface area (Å²) in [7, 11) is 1.29. The number of hydrogen-bond donors (Lipinski definition) is 2. The predicted octanol–water partition coefficient (Wildman–Crippen LogP) is 2.49. The highest BCUT2D eigenvalue weighted by Gasteiger charge is 2.54. The molecule has 0 saturated carbocycles. The number of aliphatic carboxylic acids is 1. The number of unbranched alkanes of at least 4 members (excludes halogenated alkanes) is 1. The average molecular weight is 362 g/mol.